The van der Waals surface area contributed by atoms with Crippen molar-refractivity contribution in [2.24, 2.45) is 0 Å². The van der Waals surface area contributed by atoms with Gasteiger partial charge in [0.15, 0.2) is 11.3 Å². The highest BCUT2D eigenvalue weighted by Crippen LogP contribution is 2.38. The Bertz CT molecular complexity index is 2970. The first kappa shape index (κ1) is 25.4. The predicted octanol–water partition coefficient (Wildman–Crippen LogP) is 7.45. The summed E-state index contributed by atoms with van der Waals surface area (Å²) in [5.41, 5.74) is 11.0. The summed E-state index contributed by atoms with van der Waals surface area (Å²) >= 11 is 0. The van der Waals surface area contributed by atoms with Crippen molar-refractivity contribution < 1.29 is 0 Å². The normalized spacial score (nSPS) is 12.2. The van der Waals surface area contributed by atoms with Gasteiger partial charge in [0, 0.05) is 75.1 Å². The number of hydrogen-bond donors (Lipinski definition) is 0. The van der Waals surface area contributed by atoms with E-state index in [1.54, 1.807) is 24.8 Å². The molecule has 0 fully saturated rings. The largest absolute Gasteiger partial charge is 0.276 e. The van der Waals surface area contributed by atoms with Crippen molar-refractivity contribution in [3.8, 4) is 0 Å². The molecule has 0 spiro atoms. The molecule has 0 saturated heterocycles. The van der Waals surface area contributed by atoms with Crippen molar-refractivity contribution in [3.63, 3.8) is 0 Å². The van der Waals surface area contributed by atoms with Crippen molar-refractivity contribution >= 4 is 82.3 Å². The average Bonchev–Trinajstić information content (AvgIpc) is 3.62. The maximum absolute atomic E-state index is 5.03. The van der Waals surface area contributed by atoms with Crippen LogP contribution in [0.25, 0.3) is 82.3 Å². The van der Waals surface area contributed by atoms with Crippen LogP contribution in [-0.4, -0.2) is 38.7 Å². The smallest absolute Gasteiger partial charge is 0.165 e. The quantitative estimate of drug-likeness (QED) is 0.201. The summed E-state index contributed by atoms with van der Waals surface area (Å²) in [6.07, 6.45) is 10.9. The molecule has 0 radical (unpaired) electrons. The van der Waals surface area contributed by atoms with Crippen LogP contribution in [0.3, 0.4) is 0 Å². The van der Waals surface area contributed by atoms with E-state index in [1.165, 1.54) is 0 Å². The summed E-state index contributed by atoms with van der Waals surface area (Å²) in [6.45, 7) is 0. The SMILES string of the molecule is c1ccc2c(C(c3ccnc4ccccc34)=c3n4c5nccnc5c5cccc(c6cccc7c8nccnc8n3c67)c54)ccnc2c1. The van der Waals surface area contributed by atoms with E-state index in [4.69, 9.17) is 29.9 Å². The molecule has 0 N–H and O–H groups in total. The van der Waals surface area contributed by atoms with Gasteiger partial charge < -0.3 is 0 Å². The van der Waals surface area contributed by atoms with Crippen molar-refractivity contribution in [2.45, 2.75) is 0 Å². The minimum Gasteiger partial charge on any atom is -0.276 e. The molecule has 0 aliphatic rings. The van der Waals surface area contributed by atoms with Gasteiger partial charge in [-0.25, -0.2) is 9.97 Å². The predicted molar refractivity (Wildman–Crippen MR) is 190 cm³/mol. The molecule has 11 aromatic rings. The second-order valence-corrected chi connectivity index (χ2v) is 12.0. The number of hydrogen-bond acceptors (Lipinski definition) is 6. The molecule has 7 aromatic heterocycles. The van der Waals surface area contributed by atoms with Crippen LogP contribution >= 0.6 is 0 Å². The summed E-state index contributed by atoms with van der Waals surface area (Å²) in [6, 6.07) is 33.8. The first-order valence-electron chi connectivity index (χ1n) is 15.8. The first-order chi connectivity index (χ1) is 23.9. The van der Waals surface area contributed by atoms with E-state index in [9.17, 15) is 0 Å². The number of aromatic nitrogens is 8. The van der Waals surface area contributed by atoms with Gasteiger partial charge in [0.1, 0.15) is 16.5 Å². The summed E-state index contributed by atoms with van der Waals surface area (Å²) in [5, 5.41) is 6.32. The number of benzene rings is 4. The van der Waals surface area contributed by atoms with Gasteiger partial charge in [-0.1, -0.05) is 72.8 Å². The molecule has 8 heteroatoms. The van der Waals surface area contributed by atoms with Crippen molar-refractivity contribution in [3.05, 3.63) is 151 Å². The van der Waals surface area contributed by atoms with Crippen molar-refractivity contribution in [2.75, 3.05) is 0 Å². The minimum absolute atomic E-state index is 0.760. The second kappa shape index (κ2) is 9.37. The van der Waals surface area contributed by atoms with Crippen LogP contribution in [0.1, 0.15) is 11.1 Å². The third-order valence-electron chi connectivity index (χ3n) is 9.59. The lowest BCUT2D eigenvalue weighted by molar-refractivity contribution is 0.998. The Labute approximate surface area is 271 Å². The van der Waals surface area contributed by atoms with E-state index in [2.05, 4.69) is 93.7 Å². The van der Waals surface area contributed by atoms with Crippen LogP contribution < -0.4 is 5.48 Å². The third kappa shape index (κ3) is 3.22. The Kier molecular flexibility index (Phi) is 4.96. The number of fused-ring (bicyclic) bond motifs is 9. The number of para-hydroxylation sites is 4. The summed E-state index contributed by atoms with van der Waals surface area (Å²) < 4.78 is 4.58. The van der Waals surface area contributed by atoms with Crippen LogP contribution in [0.2, 0.25) is 0 Å². The first-order valence-corrected chi connectivity index (χ1v) is 15.8. The lowest BCUT2D eigenvalue weighted by atomic mass is 9.93. The fourth-order valence-electron chi connectivity index (χ4n) is 7.72. The molecule has 0 atom stereocenters. The zero-order valence-electron chi connectivity index (χ0n) is 25.3. The fraction of sp³-hybridized carbons (Fsp3) is 0. The monoisotopic (exact) mass is 614 g/mol. The van der Waals surface area contributed by atoms with E-state index >= 15 is 0 Å². The van der Waals surface area contributed by atoms with Crippen LogP contribution in [0.4, 0.5) is 0 Å². The molecule has 7 heterocycles. The van der Waals surface area contributed by atoms with E-state index < -0.39 is 0 Å². The molecular formula is C40H22N8. The van der Waals surface area contributed by atoms with E-state index in [0.717, 1.165) is 98.9 Å². The Morgan fingerprint density at radius 3 is 1.33 bits per heavy atom. The molecule has 0 aliphatic carbocycles. The fourth-order valence-corrected chi connectivity index (χ4v) is 7.72. The van der Waals surface area contributed by atoms with Gasteiger partial charge in [0.25, 0.3) is 0 Å². The van der Waals surface area contributed by atoms with Gasteiger partial charge in [0.05, 0.1) is 22.1 Å². The molecule has 0 amide bonds. The Morgan fingerprint density at radius 1 is 0.375 bits per heavy atom. The van der Waals surface area contributed by atoms with Crippen molar-refractivity contribution in [1.82, 2.24) is 38.7 Å². The Balaban J connectivity index is 1.61. The van der Waals surface area contributed by atoms with E-state index in [0.29, 0.717) is 0 Å². The topological polar surface area (TPSA) is 86.2 Å². The Morgan fingerprint density at radius 2 is 0.812 bits per heavy atom. The van der Waals surface area contributed by atoms with Gasteiger partial charge in [-0.15, -0.1) is 0 Å². The summed E-state index contributed by atoms with van der Waals surface area (Å²) in [4.78, 5) is 29.4. The highest BCUT2D eigenvalue weighted by atomic mass is 15.1. The van der Waals surface area contributed by atoms with Crippen LogP contribution in [-0.2, 0) is 0 Å². The summed E-state index contributed by atoms with van der Waals surface area (Å²) in [5.74, 6) is 0. The Hall–Kier alpha value is -6.80. The van der Waals surface area contributed by atoms with Crippen molar-refractivity contribution in [1.29, 1.82) is 0 Å². The molecule has 11 rings (SSSR count). The zero-order chi connectivity index (χ0) is 31.3. The van der Waals surface area contributed by atoms with Gasteiger partial charge >= 0.3 is 0 Å². The molecular weight excluding hydrogens is 592 g/mol. The molecule has 0 bridgehead atoms. The maximum Gasteiger partial charge on any atom is 0.165 e. The zero-order valence-corrected chi connectivity index (χ0v) is 25.3. The lowest BCUT2D eigenvalue weighted by Crippen LogP contribution is -2.25. The van der Waals surface area contributed by atoms with Gasteiger partial charge in [-0.3, -0.25) is 28.7 Å². The molecule has 0 aliphatic heterocycles. The van der Waals surface area contributed by atoms with E-state index in [1.807, 2.05) is 24.5 Å². The number of rotatable bonds is 2. The molecule has 0 unspecified atom stereocenters. The second-order valence-electron chi connectivity index (χ2n) is 12.0. The molecule has 0 saturated carbocycles. The number of nitrogens with zero attached hydrogens (tertiary/aromatic N) is 8. The van der Waals surface area contributed by atoms with Gasteiger partial charge in [0.2, 0.25) is 0 Å². The minimum atomic E-state index is 0.760. The highest BCUT2D eigenvalue weighted by Gasteiger charge is 2.24. The average molecular weight is 615 g/mol. The van der Waals surface area contributed by atoms with E-state index in [-0.39, 0.29) is 0 Å². The van der Waals surface area contributed by atoms with Gasteiger partial charge in [-0.05, 0) is 35.4 Å². The molecule has 222 valence electrons. The molecule has 48 heavy (non-hydrogen) atoms. The summed E-state index contributed by atoms with van der Waals surface area (Å²) in [7, 11) is 0. The maximum atomic E-state index is 5.03. The third-order valence-corrected chi connectivity index (χ3v) is 9.59. The molecule has 4 aromatic carbocycles. The van der Waals surface area contributed by atoms with Gasteiger partial charge in [-0.2, -0.15) is 0 Å². The van der Waals surface area contributed by atoms with Crippen LogP contribution in [0.15, 0.2) is 134 Å². The number of pyridine rings is 2. The highest BCUT2D eigenvalue weighted by molar-refractivity contribution is 6.22. The lowest BCUT2D eigenvalue weighted by Gasteiger charge is -2.15. The molecule has 8 nitrogen and oxygen atoms in total. The standard InChI is InChI=1S/C40H22N8/c1-3-13-31-23(7-1)25(15-17-41-31)33(26-16-18-42-32-14-4-2-8-24(26)32)40-47-36-27(9-5-11-29(36)34-38(47)45-21-19-43-34)28-10-6-12-30-35-39(46-22-20-44-35)48(40)37(28)30/h1-22H. The van der Waals surface area contributed by atoms with Crippen LogP contribution in [0.5, 0.6) is 0 Å². The van der Waals surface area contributed by atoms with Crippen LogP contribution in [0, 0.1) is 0 Å².